The molecule has 120 valence electrons. The summed E-state index contributed by atoms with van der Waals surface area (Å²) in [6, 6.07) is 4.50. The van der Waals surface area contributed by atoms with Crippen molar-refractivity contribution in [2.75, 3.05) is 39.8 Å². The summed E-state index contributed by atoms with van der Waals surface area (Å²) < 4.78 is 11.7. The Balaban J connectivity index is 3.15. The third kappa shape index (κ3) is 4.52. The lowest BCUT2D eigenvalue weighted by Crippen LogP contribution is -2.38. The second-order valence-electron chi connectivity index (χ2n) is 4.95. The van der Waals surface area contributed by atoms with E-state index in [1.807, 2.05) is 23.9 Å². The van der Waals surface area contributed by atoms with E-state index in [9.17, 15) is 0 Å². The first-order valence-corrected chi connectivity index (χ1v) is 9.01. The minimum Gasteiger partial charge on any atom is -0.493 e. The molecule has 2 unspecified atom stereocenters. The monoisotopic (exact) mass is 376 g/mol. The van der Waals surface area contributed by atoms with Crippen molar-refractivity contribution >= 4 is 27.7 Å². The summed E-state index contributed by atoms with van der Waals surface area (Å²) in [5, 5.41) is 0. The molecule has 0 aliphatic carbocycles. The highest BCUT2D eigenvalue weighted by molar-refractivity contribution is 9.10. The minimum absolute atomic E-state index is 0.126. The molecule has 2 atom stereocenters. The number of methoxy groups -OCH3 is 2. The highest BCUT2D eigenvalue weighted by atomic mass is 79.9. The van der Waals surface area contributed by atoms with E-state index in [-0.39, 0.29) is 6.04 Å². The zero-order chi connectivity index (χ0) is 16.0. The van der Waals surface area contributed by atoms with E-state index < -0.39 is 0 Å². The standard InChI is InChI=1S/C15H25BrN2O2S/c1-10(9-21-5)18(2)13(8-17)11-6-14(19-3)15(20-4)7-12(11)16/h6-7,10,13H,8-9,17H2,1-5H3. The Morgan fingerprint density at radius 2 is 1.86 bits per heavy atom. The lowest BCUT2D eigenvalue weighted by molar-refractivity contribution is 0.203. The topological polar surface area (TPSA) is 47.7 Å². The van der Waals surface area contributed by atoms with Crippen LogP contribution < -0.4 is 15.2 Å². The predicted octanol–water partition coefficient (Wildman–Crippen LogP) is 3.15. The molecule has 0 bridgehead atoms. The van der Waals surface area contributed by atoms with Crippen molar-refractivity contribution in [2.24, 2.45) is 5.73 Å². The molecule has 0 aromatic heterocycles. The summed E-state index contributed by atoms with van der Waals surface area (Å²) >= 11 is 5.47. The zero-order valence-corrected chi connectivity index (χ0v) is 15.8. The van der Waals surface area contributed by atoms with E-state index in [0.29, 0.717) is 18.3 Å². The van der Waals surface area contributed by atoms with Gasteiger partial charge in [-0.2, -0.15) is 11.8 Å². The SMILES string of the molecule is COc1cc(Br)c(C(CN)N(C)C(C)CSC)cc1OC. The number of rotatable bonds is 8. The van der Waals surface area contributed by atoms with Crippen LogP contribution in [0.15, 0.2) is 16.6 Å². The number of thioether (sulfide) groups is 1. The average molecular weight is 377 g/mol. The Hall–Kier alpha value is -0.430. The number of hydrogen-bond donors (Lipinski definition) is 1. The van der Waals surface area contributed by atoms with Crippen molar-refractivity contribution in [3.05, 3.63) is 22.2 Å². The number of nitrogens with two attached hydrogens (primary N) is 1. The molecule has 0 saturated carbocycles. The Morgan fingerprint density at radius 1 is 1.29 bits per heavy atom. The maximum absolute atomic E-state index is 6.03. The second-order valence-corrected chi connectivity index (χ2v) is 6.72. The smallest absolute Gasteiger partial charge is 0.161 e. The predicted molar refractivity (Wildman–Crippen MR) is 94.6 cm³/mol. The fourth-order valence-corrected chi connectivity index (χ4v) is 3.61. The number of halogens is 1. The first kappa shape index (κ1) is 18.6. The Kier molecular flexibility index (Phi) is 7.87. The van der Waals surface area contributed by atoms with Gasteiger partial charge in [0.2, 0.25) is 0 Å². The van der Waals surface area contributed by atoms with Crippen molar-refractivity contribution in [3.8, 4) is 11.5 Å². The first-order valence-electron chi connectivity index (χ1n) is 6.82. The van der Waals surface area contributed by atoms with E-state index in [0.717, 1.165) is 21.5 Å². The van der Waals surface area contributed by atoms with Crippen LogP contribution in [-0.2, 0) is 0 Å². The van der Waals surface area contributed by atoms with Crippen LogP contribution >= 0.6 is 27.7 Å². The molecule has 4 nitrogen and oxygen atoms in total. The van der Waals surface area contributed by atoms with Gasteiger partial charge in [0.05, 0.1) is 14.2 Å². The zero-order valence-electron chi connectivity index (χ0n) is 13.4. The lowest BCUT2D eigenvalue weighted by Gasteiger charge is -2.33. The number of benzene rings is 1. The van der Waals surface area contributed by atoms with Gasteiger partial charge in [0.25, 0.3) is 0 Å². The van der Waals surface area contributed by atoms with Gasteiger partial charge in [-0.3, -0.25) is 4.90 Å². The summed E-state index contributed by atoms with van der Waals surface area (Å²) in [5.74, 6) is 2.50. The van der Waals surface area contributed by atoms with Gasteiger partial charge in [-0.25, -0.2) is 0 Å². The maximum Gasteiger partial charge on any atom is 0.161 e. The summed E-state index contributed by atoms with van der Waals surface area (Å²) in [5.41, 5.74) is 7.15. The average Bonchev–Trinajstić information content (AvgIpc) is 2.49. The van der Waals surface area contributed by atoms with Crippen LogP contribution in [0.25, 0.3) is 0 Å². The van der Waals surface area contributed by atoms with E-state index in [2.05, 4.69) is 41.1 Å². The van der Waals surface area contributed by atoms with E-state index in [1.165, 1.54) is 0 Å². The molecule has 0 aliphatic heterocycles. The summed E-state index contributed by atoms with van der Waals surface area (Å²) in [7, 11) is 5.39. The summed E-state index contributed by atoms with van der Waals surface area (Å²) in [4.78, 5) is 2.31. The van der Waals surface area contributed by atoms with Gasteiger partial charge in [-0.15, -0.1) is 0 Å². The number of hydrogen-bond acceptors (Lipinski definition) is 5. The van der Waals surface area contributed by atoms with Gasteiger partial charge in [-0.05, 0) is 37.9 Å². The van der Waals surface area contributed by atoms with Gasteiger partial charge in [-0.1, -0.05) is 15.9 Å². The van der Waals surface area contributed by atoms with Gasteiger partial charge >= 0.3 is 0 Å². The molecule has 0 saturated heterocycles. The normalized spacial score (nSPS) is 14.1. The Bertz CT molecular complexity index is 460. The Labute approximate surface area is 140 Å². The van der Waals surface area contributed by atoms with Crippen LogP contribution in [0.5, 0.6) is 11.5 Å². The molecule has 21 heavy (non-hydrogen) atoms. The molecular formula is C15H25BrN2O2S. The van der Waals surface area contributed by atoms with E-state index >= 15 is 0 Å². The summed E-state index contributed by atoms with van der Waals surface area (Å²) in [6.07, 6.45) is 2.12. The molecule has 0 heterocycles. The van der Waals surface area contributed by atoms with Crippen molar-refractivity contribution in [1.82, 2.24) is 4.90 Å². The van der Waals surface area contributed by atoms with Gasteiger partial charge in [0.15, 0.2) is 11.5 Å². The molecule has 1 aromatic carbocycles. The fraction of sp³-hybridized carbons (Fsp3) is 0.600. The first-order chi connectivity index (χ1) is 9.99. The Morgan fingerprint density at radius 3 is 2.33 bits per heavy atom. The number of likely N-dealkylation sites (N-methyl/N-ethyl adjacent to an activating group) is 1. The molecule has 1 rings (SSSR count). The third-order valence-corrected chi connectivity index (χ3v) is 5.18. The quantitative estimate of drug-likeness (QED) is 0.754. The highest BCUT2D eigenvalue weighted by Gasteiger charge is 2.23. The van der Waals surface area contributed by atoms with Crippen molar-refractivity contribution in [3.63, 3.8) is 0 Å². The van der Waals surface area contributed by atoms with Crippen molar-refractivity contribution < 1.29 is 9.47 Å². The molecule has 0 radical (unpaired) electrons. The molecule has 0 spiro atoms. The molecule has 0 amide bonds. The van der Waals surface area contributed by atoms with Gasteiger partial charge in [0, 0.05) is 28.9 Å². The minimum atomic E-state index is 0.126. The highest BCUT2D eigenvalue weighted by Crippen LogP contribution is 2.37. The van der Waals surface area contributed by atoms with Crippen LogP contribution in [0.4, 0.5) is 0 Å². The van der Waals surface area contributed by atoms with Gasteiger partial charge < -0.3 is 15.2 Å². The molecule has 0 fully saturated rings. The van der Waals surface area contributed by atoms with Crippen LogP contribution in [-0.4, -0.2) is 50.8 Å². The molecule has 1 aromatic rings. The second kappa shape index (κ2) is 8.88. The fourth-order valence-electron chi connectivity index (χ4n) is 2.30. The van der Waals surface area contributed by atoms with Crippen LogP contribution in [0.3, 0.4) is 0 Å². The molecule has 2 N–H and O–H groups in total. The van der Waals surface area contributed by atoms with Crippen molar-refractivity contribution in [2.45, 2.75) is 19.0 Å². The largest absolute Gasteiger partial charge is 0.493 e. The molecule has 0 aliphatic rings. The summed E-state index contributed by atoms with van der Waals surface area (Å²) in [6.45, 7) is 2.76. The van der Waals surface area contributed by atoms with Crippen molar-refractivity contribution in [1.29, 1.82) is 0 Å². The van der Waals surface area contributed by atoms with Crippen LogP contribution in [0.1, 0.15) is 18.5 Å². The van der Waals surface area contributed by atoms with E-state index in [1.54, 1.807) is 14.2 Å². The van der Waals surface area contributed by atoms with Crippen LogP contribution in [0, 0.1) is 0 Å². The number of ether oxygens (including phenoxy) is 2. The van der Waals surface area contributed by atoms with Gasteiger partial charge in [0.1, 0.15) is 0 Å². The molecule has 6 heteroatoms. The molecular weight excluding hydrogens is 352 g/mol. The lowest BCUT2D eigenvalue weighted by atomic mass is 10.0. The third-order valence-electron chi connectivity index (χ3n) is 3.68. The van der Waals surface area contributed by atoms with Crippen LogP contribution in [0.2, 0.25) is 0 Å². The van der Waals surface area contributed by atoms with E-state index in [4.69, 9.17) is 15.2 Å². The number of nitrogens with zero attached hydrogens (tertiary/aromatic N) is 1. The maximum atomic E-state index is 6.03.